The topological polar surface area (TPSA) is 108 Å². The Balaban J connectivity index is 1.28. The first-order chi connectivity index (χ1) is 14.5. The first-order valence-electron chi connectivity index (χ1n) is 10.6. The van der Waals surface area contributed by atoms with Gasteiger partial charge in [0.25, 0.3) is 10.0 Å². The quantitative estimate of drug-likeness (QED) is 0.654. The van der Waals surface area contributed by atoms with E-state index in [1.807, 2.05) is 0 Å². The maximum atomic E-state index is 12.9. The fourth-order valence-electron chi connectivity index (χ4n) is 4.10. The predicted octanol–water partition coefficient (Wildman–Crippen LogP) is 3.08. The molecule has 2 aromatic heterocycles. The Morgan fingerprint density at radius 2 is 2.07 bits per heavy atom. The molecule has 0 spiro atoms. The molecule has 162 valence electrons. The van der Waals surface area contributed by atoms with E-state index in [4.69, 9.17) is 4.42 Å². The van der Waals surface area contributed by atoms with Gasteiger partial charge >= 0.3 is 0 Å². The van der Waals surface area contributed by atoms with Gasteiger partial charge in [0.1, 0.15) is 5.69 Å². The Hall–Kier alpha value is -2.39. The number of nitrogens with zero attached hydrogens (tertiary/aromatic N) is 2. The molecular weight excluding hydrogens is 404 g/mol. The average Bonchev–Trinajstić information content (AvgIpc) is 3.47. The van der Waals surface area contributed by atoms with Crippen LogP contribution in [0.15, 0.2) is 45.6 Å². The van der Waals surface area contributed by atoms with Gasteiger partial charge in [0, 0.05) is 31.7 Å². The maximum Gasteiger partial charge on any atom is 0.276 e. The van der Waals surface area contributed by atoms with Crippen LogP contribution in [0.2, 0.25) is 0 Å². The first-order valence-corrected chi connectivity index (χ1v) is 12.0. The second kappa shape index (κ2) is 9.18. The molecule has 1 aliphatic carbocycles. The molecule has 0 radical (unpaired) electrons. The highest BCUT2D eigenvalue weighted by molar-refractivity contribution is 7.89. The summed E-state index contributed by atoms with van der Waals surface area (Å²) in [5.41, 5.74) is 2.06. The summed E-state index contributed by atoms with van der Waals surface area (Å²) in [4.78, 5) is 12.5. The van der Waals surface area contributed by atoms with Crippen LogP contribution in [-0.4, -0.2) is 48.5 Å². The van der Waals surface area contributed by atoms with Crippen molar-refractivity contribution in [3.05, 3.63) is 36.0 Å². The predicted molar refractivity (Wildman–Crippen MR) is 112 cm³/mol. The molecule has 1 fully saturated rings. The molecule has 0 unspecified atom stereocenters. The van der Waals surface area contributed by atoms with E-state index in [2.05, 4.69) is 21.6 Å². The van der Waals surface area contributed by atoms with Gasteiger partial charge in [-0.25, -0.2) is 8.42 Å². The van der Waals surface area contributed by atoms with Crippen LogP contribution < -0.4 is 5.32 Å². The zero-order valence-corrected chi connectivity index (χ0v) is 17.8. The van der Waals surface area contributed by atoms with Crippen molar-refractivity contribution in [1.29, 1.82) is 0 Å². The fraction of sp³-hybridized carbons (Fsp3) is 0.524. The molecule has 30 heavy (non-hydrogen) atoms. The van der Waals surface area contributed by atoms with Crippen LogP contribution >= 0.6 is 0 Å². The number of carbonyl (C=O) groups is 1. The Morgan fingerprint density at radius 3 is 2.77 bits per heavy atom. The van der Waals surface area contributed by atoms with E-state index >= 15 is 0 Å². The molecule has 3 heterocycles. The number of furan rings is 1. The summed E-state index contributed by atoms with van der Waals surface area (Å²) in [6, 6.07) is 4.79. The molecule has 1 amide bonds. The Bertz CT molecular complexity index is 986. The van der Waals surface area contributed by atoms with Gasteiger partial charge in [0.15, 0.2) is 5.76 Å². The van der Waals surface area contributed by atoms with Gasteiger partial charge in [0.05, 0.1) is 0 Å². The summed E-state index contributed by atoms with van der Waals surface area (Å²) in [6.07, 6.45) is 10.6. The third kappa shape index (κ3) is 4.67. The molecule has 2 aliphatic rings. The van der Waals surface area contributed by atoms with Crippen molar-refractivity contribution in [3.8, 4) is 11.5 Å². The highest BCUT2D eigenvalue weighted by Gasteiger charge is 2.34. The molecule has 1 saturated heterocycles. The van der Waals surface area contributed by atoms with Crippen LogP contribution in [0.1, 0.15) is 44.9 Å². The smallest absolute Gasteiger partial charge is 0.276 e. The minimum Gasteiger partial charge on any atom is -0.442 e. The summed E-state index contributed by atoms with van der Waals surface area (Å²) >= 11 is 0. The number of rotatable bonds is 7. The summed E-state index contributed by atoms with van der Waals surface area (Å²) in [6.45, 7) is 1.28. The lowest BCUT2D eigenvalue weighted by atomic mass is 9.96. The summed E-state index contributed by atoms with van der Waals surface area (Å²) in [5.74, 6) is 0.311. The average molecular weight is 433 g/mol. The van der Waals surface area contributed by atoms with Gasteiger partial charge in [0.2, 0.25) is 11.0 Å². The van der Waals surface area contributed by atoms with Crippen LogP contribution in [0, 0.1) is 5.92 Å². The minimum absolute atomic E-state index is 0.0305. The minimum atomic E-state index is -3.72. The highest BCUT2D eigenvalue weighted by atomic mass is 32.2. The molecule has 0 aromatic carbocycles. The molecule has 2 N–H and O–H groups in total. The van der Waals surface area contributed by atoms with E-state index in [-0.39, 0.29) is 16.9 Å². The lowest BCUT2D eigenvalue weighted by Gasteiger charge is -2.29. The van der Waals surface area contributed by atoms with E-state index < -0.39 is 10.0 Å². The van der Waals surface area contributed by atoms with Gasteiger partial charge in [-0.15, -0.1) is 0 Å². The number of hydrogen-bond acceptors (Lipinski definition) is 5. The number of hydrogen-bond donors (Lipinski definition) is 2. The second-order valence-corrected chi connectivity index (χ2v) is 9.79. The van der Waals surface area contributed by atoms with Gasteiger partial charge in [-0.1, -0.05) is 11.6 Å². The molecule has 1 aliphatic heterocycles. The Morgan fingerprint density at radius 1 is 1.23 bits per heavy atom. The van der Waals surface area contributed by atoms with Crippen molar-refractivity contribution in [2.24, 2.45) is 5.92 Å². The number of H-pyrrole nitrogens is 1. The van der Waals surface area contributed by atoms with Gasteiger partial charge in [-0.2, -0.15) is 9.40 Å². The number of aromatic nitrogens is 2. The lowest BCUT2D eigenvalue weighted by molar-refractivity contribution is -0.126. The lowest BCUT2D eigenvalue weighted by Crippen LogP contribution is -2.43. The maximum absolute atomic E-state index is 12.9. The van der Waals surface area contributed by atoms with E-state index in [0.29, 0.717) is 43.9 Å². The monoisotopic (exact) mass is 432 g/mol. The normalized spacial score (nSPS) is 18.9. The SMILES string of the molecule is O=C(NCCC1=CCCCC1)C1CCN(S(=O)(=O)c2ccc(-c3ccn[nH]3)o2)CC1. The molecule has 9 heteroatoms. The second-order valence-electron chi connectivity index (χ2n) is 7.92. The summed E-state index contributed by atoms with van der Waals surface area (Å²) in [5, 5.41) is 9.54. The van der Waals surface area contributed by atoms with Crippen molar-refractivity contribution < 1.29 is 17.6 Å². The molecule has 2 aromatic rings. The number of piperidine rings is 1. The third-order valence-electron chi connectivity index (χ3n) is 5.90. The van der Waals surface area contributed by atoms with Crippen molar-refractivity contribution >= 4 is 15.9 Å². The number of aromatic amines is 1. The van der Waals surface area contributed by atoms with Gasteiger partial charge in [-0.3, -0.25) is 9.89 Å². The number of carbonyl (C=O) groups excluding carboxylic acids is 1. The zero-order valence-electron chi connectivity index (χ0n) is 17.0. The van der Waals surface area contributed by atoms with E-state index in [1.165, 1.54) is 28.8 Å². The van der Waals surface area contributed by atoms with Crippen LogP contribution in [0.4, 0.5) is 0 Å². The number of amides is 1. The number of allylic oxidation sites excluding steroid dienone is 1. The number of nitrogens with one attached hydrogen (secondary N) is 2. The van der Waals surface area contributed by atoms with E-state index in [1.54, 1.807) is 18.3 Å². The van der Waals surface area contributed by atoms with Gasteiger partial charge < -0.3 is 9.73 Å². The van der Waals surface area contributed by atoms with E-state index in [0.717, 1.165) is 19.3 Å². The van der Waals surface area contributed by atoms with Crippen LogP contribution in [-0.2, 0) is 14.8 Å². The van der Waals surface area contributed by atoms with Gasteiger partial charge in [-0.05, 0) is 63.1 Å². The molecular formula is C21H28N4O4S. The molecule has 4 rings (SSSR count). The molecule has 0 saturated carbocycles. The standard InChI is InChI=1S/C21H28N4O4S/c26-21(22-12-8-16-4-2-1-3-5-16)17-10-14-25(15-11-17)30(27,28)20-7-6-19(29-20)18-9-13-23-24-18/h4,6-7,9,13,17H,1-3,5,8,10-12,14-15H2,(H,22,26)(H,23,24). The Labute approximate surface area is 176 Å². The zero-order chi connectivity index (χ0) is 21.0. The molecule has 8 nitrogen and oxygen atoms in total. The Kier molecular flexibility index (Phi) is 6.38. The number of sulfonamides is 1. The summed E-state index contributed by atoms with van der Waals surface area (Å²) < 4.78 is 32.7. The van der Waals surface area contributed by atoms with Crippen LogP contribution in [0.5, 0.6) is 0 Å². The highest BCUT2D eigenvalue weighted by Crippen LogP contribution is 2.28. The van der Waals surface area contributed by atoms with Crippen molar-refractivity contribution in [1.82, 2.24) is 19.8 Å². The first kappa shape index (κ1) is 20.9. The van der Waals surface area contributed by atoms with Crippen LogP contribution in [0.3, 0.4) is 0 Å². The van der Waals surface area contributed by atoms with Crippen molar-refractivity contribution in [2.75, 3.05) is 19.6 Å². The largest absolute Gasteiger partial charge is 0.442 e. The van der Waals surface area contributed by atoms with E-state index in [9.17, 15) is 13.2 Å². The summed E-state index contributed by atoms with van der Waals surface area (Å²) in [7, 11) is -3.72. The molecule has 0 bridgehead atoms. The van der Waals surface area contributed by atoms with Crippen molar-refractivity contribution in [2.45, 2.75) is 50.0 Å². The molecule has 0 atom stereocenters. The van der Waals surface area contributed by atoms with Crippen LogP contribution in [0.25, 0.3) is 11.5 Å². The van der Waals surface area contributed by atoms with Crippen molar-refractivity contribution in [3.63, 3.8) is 0 Å². The fourth-order valence-corrected chi connectivity index (χ4v) is 5.49. The third-order valence-corrected chi connectivity index (χ3v) is 7.67.